The Balaban J connectivity index is 2.15. The highest BCUT2D eigenvalue weighted by Crippen LogP contribution is 2.28. The predicted molar refractivity (Wildman–Crippen MR) is 77.8 cm³/mol. The van der Waals surface area contributed by atoms with Gasteiger partial charge in [-0.3, -0.25) is 0 Å². The molecule has 2 aromatic rings. The first kappa shape index (κ1) is 14.5. The summed E-state index contributed by atoms with van der Waals surface area (Å²) in [6, 6.07) is 9.33. The summed E-state index contributed by atoms with van der Waals surface area (Å²) in [6.45, 7) is 2.69. The smallest absolute Gasteiger partial charge is 0.138 e. The van der Waals surface area contributed by atoms with E-state index in [1.54, 1.807) is 18.2 Å². The largest absolute Gasteiger partial charge is 0.493 e. The van der Waals surface area contributed by atoms with Gasteiger partial charge in [0.15, 0.2) is 0 Å². The molecule has 20 heavy (non-hydrogen) atoms. The van der Waals surface area contributed by atoms with Gasteiger partial charge in [-0.15, -0.1) is 0 Å². The Kier molecular flexibility index (Phi) is 4.69. The average Bonchev–Trinajstić information content (AvgIpc) is 2.41. The van der Waals surface area contributed by atoms with Crippen molar-refractivity contribution < 1.29 is 13.9 Å². The average molecular weight is 296 g/mol. The molecule has 0 amide bonds. The monoisotopic (exact) mass is 295 g/mol. The van der Waals surface area contributed by atoms with Gasteiger partial charge >= 0.3 is 0 Å². The zero-order valence-corrected chi connectivity index (χ0v) is 11.8. The van der Waals surface area contributed by atoms with E-state index in [4.69, 9.17) is 26.8 Å². The SMILES string of the molecule is CCOc1ccc(N)cc1COc1ccc(F)cc1Cl. The van der Waals surface area contributed by atoms with Crippen molar-refractivity contribution in [3.8, 4) is 11.5 Å². The number of hydrogen-bond donors (Lipinski definition) is 1. The molecule has 2 N–H and O–H groups in total. The summed E-state index contributed by atoms with van der Waals surface area (Å²) in [5.41, 5.74) is 7.19. The molecular formula is C15H15ClFNO2. The number of nitrogen functional groups attached to an aromatic ring is 1. The fourth-order valence-electron chi connectivity index (χ4n) is 1.76. The van der Waals surface area contributed by atoms with Gasteiger partial charge in [0.05, 0.1) is 11.6 Å². The van der Waals surface area contributed by atoms with Crippen molar-refractivity contribution in [3.63, 3.8) is 0 Å². The minimum atomic E-state index is -0.402. The Morgan fingerprint density at radius 2 is 1.85 bits per heavy atom. The summed E-state index contributed by atoms with van der Waals surface area (Å²) in [4.78, 5) is 0. The zero-order valence-electron chi connectivity index (χ0n) is 11.0. The van der Waals surface area contributed by atoms with E-state index in [1.807, 2.05) is 6.92 Å². The van der Waals surface area contributed by atoms with Crippen molar-refractivity contribution in [1.29, 1.82) is 0 Å². The molecule has 5 heteroatoms. The maximum Gasteiger partial charge on any atom is 0.138 e. The van der Waals surface area contributed by atoms with E-state index >= 15 is 0 Å². The topological polar surface area (TPSA) is 44.5 Å². The van der Waals surface area contributed by atoms with E-state index in [2.05, 4.69) is 0 Å². The zero-order chi connectivity index (χ0) is 14.5. The Morgan fingerprint density at radius 1 is 1.10 bits per heavy atom. The van der Waals surface area contributed by atoms with Crippen LogP contribution in [0, 0.1) is 5.82 Å². The third-order valence-corrected chi connectivity index (χ3v) is 2.96. The van der Waals surface area contributed by atoms with Crippen molar-refractivity contribution in [1.82, 2.24) is 0 Å². The molecule has 2 rings (SSSR count). The molecule has 3 nitrogen and oxygen atoms in total. The van der Waals surface area contributed by atoms with Crippen molar-refractivity contribution in [3.05, 3.63) is 52.8 Å². The fourth-order valence-corrected chi connectivity index (χ4v) is 1.98. The van der Waals surface area contributed by atoms with E-state index in [9.17, 15) is 4.39 Å². The normalized spacial score (nSPS) is 10.3. The van der Waals surface area contributed by atoms with Gasteiger partial charge in [0.2, 0.25) is 0 Å². The van der Waals surface area contributed by atoms with E-state index < -0.39 is 5.82 Å². The molecule has 0 unspecified atom stereocenters. The number of ether oxygens (including phenoxy) is 2. The summed E-state index contributed by atoms with van der Waals surface area (Å²) < 4.78 is 24.0. The van der Waals surface area contributed by atoms with Gasteiger partial charge in [-0.1, -0.05) is 11.6 Å². The Labute approximate surface area is 122 Å². The van der Waals surface area contributed by atoms with Gasteiger partial charge in [0.25, 0.3) is 0 Å². The van der Waals surface area contributed by atoms with Gasteiger partial charge in [-0.05, 0) is 43.3 Å². The van der Waals surface area contributed by atoms with E-state index in [1.165, 1.54) is 18.2 Å². The molecule has 0 spiro atoms. The van der Waals surface area contributed by atoms with Gasteiger partial charge in [0, 0.05) is 11.3 Å². The van der Waals surface area contributed by atoms with Crippen LogP contribution in [0.3, 0.4) is 0 Å². The Bertz CT molecular complexity index is 604. The highest BCUT2D eigenvalue weighted by atomic mass is 35.5. The van der Waals surface area contributed by atoms with Crippen molar-refractivity contribution in [2.75, 3.05) is 12.3 Å². The number of anilines is 1. The van der Waals surface area contributed by atoms with Crippen LogP contribution >= 0.6 is 11.6 Å². The fraction of sp³-hybridized carbons (Fsp3) is 0.200. The molecule has 0 aliphatic heterocycles. The lowest BCUT2D eigenvalue weighted by Gasteiger charge is -2.13. The molecule has 106 valence electrons. The van der Waals surface area contributed by atoms with Crippen molar-refractivity contribution >= 4 is 17.3 Å². The van der Waals surface area contributed by atoms with E-state index in [-0.39, 0.29) is 11.6 Å². The molecule has 0 saturated heterocycles. The van der Waals surface area contributed by atoms with Gasteiger partial charge in [-0.25, -0.2) is 4.39 Å². The molecule has 0 fully saturated rings. The summed E-state index contributed by atoms with van der Waals surface area (Å²) >= 11 is 5.91. The summed E-state index contributed by atoms with van der Waals surface area (Å²) in [6.07, 6.45) is 0. The molecule has 0 heterocycles. The first-order valence-electron chi connectivity index (χ1n) is 6.19. The second kappa shape index (κ2) is 6.48. The lowest BCUT2D eigenvalue weighted by molar-refractivity contribution is 0.286. The second-order valence-electron chi connectivity index (χ2n) is 4.16. The standard InChI is InChI=1S/C15H15ClFNO2/c1-2-19-14-6-4-12(18)7-10(14)9-20-15-5-3-11(17)8-13(15)16/h3-8H,2,9,18H2,1H3. The van der Waals surface area contributed by atoms with Crippen LogP contribution in [-0.4, -0.2) is 6.61 Å². The number of nitrogens with two attached hydrogens (primary N) is 1. The minimum absolute atomic E-state index is 0.229. The number of hydrogen-bond acceptors (Lipinski definition) is 3. The van der Waals surface area contributed by atoms with Crippen molar-refractivity contribution in [2.24, 2.45) is 0 Å². The van der Waals surface area contributed by atoms with Crippen LogP contribution in [0.4, 0.5) is 10.1 Å². The van der Waals surface area contributed by atoms with E-state index in [0.29, 0.717) is 23.8 Å². The summed E-state index contributed by atoms with van der Waals surface area (Å²) in [5, 5.41) is 0.229. The summed E-state index contributed by atoms with van der Waals surface area (Å²) in [7, 11) is 0. The van der Waals surface area contributed by atoms with Gasteiger partial charge in [-0.2, -0.15) is 0 Å². The third-order valence-electron chi connectivity index (χ3n) is 2.66. The predicted octanol–water partition coefficient (Wildman–Crippen LogP) is 4.04. The molecule has 2 aromatic carbocycles. The molecular weight excluding hydrogens is 281 g/mol. The molecule has 0 atom stereocenters. The molecule has 0 aromatic heterocycles. The van der Waals surface area contributed by atoms with Crippen LogP contribution < -0.4 is 15.2 Å². The number of halogens is 2. The van der Waals surface area contributed by atoms with Crippen LogP contribution in [0.1, 0.15) is 12.5 Å². The lowest BCUT2D eigenvalue weighted by Crippen LogP contribution is -2.02. The van der Waals surface area contributed by atoms with Gasteiger partial charge in [0.1, 0.15) is 23.9 Å². The number of rotatable bonds is 5. The molecule has 0 aliphatic rings. The van der Waals surface area contributed by atoms with E-state index in [0.717, 1.165) is 5.56 Å². The van der Waals surface area contributed by atoms with Crippen molar-refractivity contribution in [2.45, 2.75) is 13.5 Å². The lowest BCUT2D eigenvalue weighted by atomic mass is 10.2. The first-order chi connectivity index (χ1) is 9.60. The Hall–Kier alpha value is -1.94. The summed E-state index contributed by atoms with van der Waals surface area (Å²) in [5.74, 6) is 0.721. The van der Waals surface area contributed by atoms with Crippen LogP contribution in [0.2, 0.25) is 5.02 Å². The minimum Gasteiger partial charge on any atom is -0.493 e. The Morgan fingerprint density at radius 3 is 2.55 bits per heavy atom. The van der Waals surface area contributed by atoms with Crippen LogP contribution in [-0.2, 0) is 6.61 Å². The van der Waals surface area contributed by atoms with Crippen LogP contribution in [0.25, 0.3) is 0 Å². The highest BCUT2D eigenvalue weighted by Gasteiger charge is 2.08. The maximum atomic E-state index is 13.0. The quantitative estimate of drug-likeness (QED) is 0.847. The highest BCUT2D eigenvalue weighted by molar-refractivity contribution is 6.32. The van der Waals surface area contributed by atoms with Gasteiger partial charge < -0.3 is 15.2 Å². The first-order valence-corrected chi connectivity index (χ1v) is 6.57. The third kappa shape index (κ3) is 3.54. The second-order valence-corrected chi connectivity index (χ2v) is 4.57. The molecule has 0 saturated carbocycles. The molecule has 0 bridgehead atoms. The van der Waals surface area contributed by atoms with Crippen LogP contribution in [0.15, 0.2) is 36.4 Å². The van der Waals surface area contributed by atoms with Crippen LogP contribution in [0.5, 0.6) is 11.5 Å². The molecule has 0 radical (unpaired) electrons. The number of benzene rings is 2. The maximum absolute atomic E-state index is 13.0. The molecule has 0 aliphatic carbocycles.